The Balaban J connectivity index is 0.831. The third kappa shape index (κ3) is 6.71. The molecule has 0 fully saturated rings. The van der Waals surface area contributed by atoms with Crippen LogP contribution in [0.5, 0.6) is 11.5 Å². The average molecular weight is 1080 g/mol. The fraction of sp³-hybridized carbons (Fsp3) is 0.0361. The van der Waals surface area contributed by atoms with E-state index >= 15 is 0 Å². The molecule has 1 spiro atoms. The monoisotopic (exact) mass is 1080 g/mol. The summed E-state index contributed by atoms with van der Waals surface area (Å²) in [5.74, 6) is 1.72. The molecule has 2 heterocycles. The first-order valence-corrected chi connectivity index (χ1v) is 29.6. The molecule has 85 heavy (non-hydrogen) atoms. The Hall–Kier alpha value is -10.8. The van der Waals surface area contributed by atoms with Crippen LogP contribution in [0.15, 0.2) is 314 Å². The van der Waals surface area contributed by atoms with Gasteiger partial charge in [0, 0.05) is 38.6 Å². The molecule has 1 unspecified atom stereocenters. The summed E-state index contributed by atoms with van der Waals surface area (Å²) in [5.41, 5.74) is 24.0. The topological polar surface area (TPSA) is 22.4 Å². The molecule has 0 radical (unpaired) electrons. The Bertz CT molecular complexity index is 5080. The van der Waals surface area contributed by atoms with Crippen LogP contribution in [0.25, 0.3) is 88.0 Å². The molecule has 0 bridgehead atoms. The van der Waals surface area contributed by atoms with Crippen molar-refractivity contribution in [3.05, 3.63) is 371 Å². The Morgan fingerprint density at radius 3 is 1.39 bits per heavy atom. The second-order valence-corrected chi connectivity index (χ2v) is 23.2. The molecule has 0 amide bonds. The molecule has 1 aromatic heterocycles. The molecule has 18 rings (SSSR count). The molecule has 15 aromatic rings. The molecule has 2 heteroatoms. The van der Waals surface area contributed by atoms with Gasteiger partial charge >= 0.3 is 0 Å². The zero-order chi connectivity index (χ0) is 55.8. The highest BCUT2D eigenvalue weighted by Crippen LogP contribution is 2.65. The average Bonchev–Trinajstić information content (AvgIpc) is 1.92. The Morgan fingerprint density at radius 1 is 0.271 bits per heavy atom. The summed E-state index contributed by atoms with van der Waals surface area (Å²) in [6.45, 7) is 0. The number of rotatable bonds is 7. The lowest BCUT2D eigenvalue weighted by Gasteiger charge is -2.40. The summed E-state index contributed by atoms with van der Waals surface area (Å²) in [5, 5.41) is 6.81. The third-order valence-electron chi connectivity index (χ3n) is 19.2. The molecule has 1 aliphatic heterocycles. The highest BCUT2D eigenvalue weighted by molar-refractivity contribution is 6.06. The van der Waals surface area contributed by atoms with E-state index in [-0.39, 0.29) is 5.92 Å². The summed E-state index contributed by atoms with van der Waals surface area (Å²) in [7, 11) is 0. The smallest absolute Gasteiger partial charge is 0.140 e. The van der Waals surface area contributed by atoms with Gasteiger partial charge in [0.2, 0.25) is 0 Å². The normalized spacial score (nSPS) is 14.1. The minimum atomic E-state index is -0.646. The summed E-state index contributed by atoms with van der Waals surface area (Å²) < 4.78 is 13.7. The van der Waals surface area contributed by atoms with Gasteiger partial charge in [0.15, 0.2) is 0 Å². The van der Waals surface area contributed by atoms with Crippen LogP contribution in [0.2, 0.25) is 0 Å². The van der Waals surface area contributed by atoms with Crippen molar-refractivity contribution in [2.45, 2.75) is 16.7 Å². The minimum Gasteiger partial charge on any atom is -0.456 e. The zero-order valence-corrected chi connectivity index (χ0v) is 46.3. The first-order chi connectivity index (χ1) is 42.2. The molecular weight excluding hydrogens is 1030 g/mol. The molecule has 0 saturated carbocycles. The van der Waals surface area contributed by atoms with Crippen LogP contribution in [0.1, 0.15) is 67.1 Å². The number of furan rings is 1. The van der Waals surface area contributed by atoms with Gasteiger partial charge in [-0.05, 0) is 124 Å². The first kappa shape index (κ1) is 47.8. The Labute approximate surface area is 493 Å². The van der Waals surface area contributed by atoms with Crippen molar-refractivity contribution >= 4 is 43.5 Å². The molecular formula is C83H52O2. The van der Waals surface area contributed by atoms with E-state index in [4.69, 9.17) is 9.15 Å². The lowest BCUT2D eigenvalue weighted by Crippen LogP contribution is -2.32. The number of hydrogen-bond acceptors (Lipinski definition) is 2. The highest BCUT2D eigenvalue weighted by atomic mass is 16.5. The van der Waals surface area contributed by atoms with Crippen molar-refractivity contribution < 1.29 is 9.15 Å². The van der Waals surface area contributed by atoms with E-state index in [2.05, 4.69) is 297 Å². The molecule has 0 saturated heterocycles. The number of fused-ring (bicyclic) bond motifs is 19. The first-order valence-electron chi connectivity index (χ1n) is 29.6. The quantitative estimate of drug-likeness (QED) is 0.148. The van der Waals surface area contributed by atoms with Crippen molar-refractivity contribution in [3.8, 4) is 56.0 Å². The van der Waals surface area contributed by atoms with Crippen LogP contribution in [0.3, 0.4) is 0 Å². The van der Waals surface area contributed by atoms with Gasteiger partial charge in [-0.3, -0.25) is 0 Å². The zero-order valence-electron chi connectivity index (χ0n) is 46.3. The van der Waals surface area contributed by atoms with Crippen molar-refractivity contribution in [1.29, 1.82) is 0 Å². The van der Waals surface area contributed by atoms with Crippen LogP contribution in [0.4, 0.5) is 0 Å². The second kappa shape index (κ2) is 18.4. The predicted molar refractivity (Wildman–Crippen MR) is 348 cm³/mol. The van der Waals surface area contributed by atoms with Gasteiger partial charge in [-0.15, -0.1) is 0 Å². The summed E-state index contributed by atoms with van der Waals surface area (Å²) >= 11 is 0. The van der Waals surface area contributed by atoms with Gasteiger partial charge in [-0.1, -0.05) is 291 Å². The highest BCUT2D eigenvalue weighted by Gasteiger charge is 2.53. The lowest BCUT2D eigenvalue weighted by atomic mass is 9.65. The van der Waals surface area contributed by atoms with E-state index in [9.17, 15) is 0 Å². The summed E-state index contributed by atoms with van der Waals surface area (Å²) in [4.78, 5) is 0. The molecule has 2 aliphatic carbocycles. The van der Waals surface area contributed by atoms with Crippen molar-refractivity contribution in [3.63, 3.8) is 0 Å². The van der Waals surface area contributed by atoms with Crippen LogP contribution in [-0.2, 0) is 10.8 Å². The Kier molecular flexibility index (Phi) is 10.3. The molecule has 3 aliphatic rings. The van der Waals surface area contributed by atoms with Gasteiger partial charge < -0.3 is 9.15 Å². The van der Waals surface area contributed by atoms with Gasteiger partial charge in [-0.2, -0.15) is 0 Å². The van der Waals surface area contributed by atoms with E-state index < -0.39 is 10.8 Å². The molecule has 2 nitrogen and oxygen atoms in total. The van der Waals surface area contributed by atoms with Crippen LogP contribution >= 0.6 is 0 Å². The maximum atomic E-state index is 7.30. The van der Waals surface area contributed by atoms with E-state index in [0.29, 0.717) is 0 Å². The van der Waals surface area contributed by atoms with Crippen LogP contribution in [-0.4, -0.2) is 0 Å². The van der Waals surface area contributed by atoms with Crippen molar-refractivity contribution in [2.24, 2.45) is 0 Å². The number of hydrogen-bond donors (Lipinski definition) is 0. The van der Waals surface area contributed by atoms with E-state index in [1.165, 1.54) is 83.5 Å². The maximum Gasteiger partial charge on any atom is 0.140 e. The minimum absolute atomic E-state index is 0.128. The largest absolute Gasteiger partial charge is 0.456 e. The van der Waals surface area contributed by atoms with Gasteiger partial charge in [0.05, 0.1) is 10.8 Å². The molecule has 0 N–H and O–H groups in total. The van der Waals surface area contributed by atoms with Gasteiger partial charge in [0.25, 0.3) is 0 Å². The molecule has 396 valence electrons. The molecule has 1 atom stereocenters. The fourth-order valence-corrected chi connectivity index (χ4v) is 15.6. The Morgan fingerprint density at radius 2 is 0.741 bits per heavy atom. The van der Waals surface area contributed by atoms with E-state index in [0.717, 1.165) is 77.2 Å². The van der Waals surface area contributed by atoms with E-state index in [1.54, 1.807) is 0 Å². The van der Waals surface area contributed by atoms with Gasteiger partial charge in [0.1, 0.15) is 22.7 Å². The number of benzene rings is 14. The third-order valence-corrected chi connectivity index (χ3v) is 19.2. The van der Waals surface area contributed by atoms with Crippen molar-refractivity contribution in [1.82, 2.24) is 0 Å². The van der Waals surface area contributed by atoms with Crippen molar-refractivity contribution in [2.75, 3.05) is 0 Å². The fourth-order valence-electron chi connectivity index (χ4n) is 15.6. The van der Waals surface area contributed by atoms with Crippen LogP contribution < -0.4 is 4.74 Å². The number of ether oxygens (including phenoxy) is 1. The SMILES string of the molecule is c1ccc(C2(c3ccccc3)c3ccccc3-c3c(C(c4ccc(-c5ccc6c(c5)oc5ccccc56)cc4)c4ccc(-c5cccc6c5-c5ccccc5C65c6ccc7ccccc7c6Oc6c5ccc5ccccc65)cc4)cccc32)cc1. The molecule has 14 aromatic carbocycles. The summed E-state index contributed by atoms with van der Waals surface area (Å²) in [6, 6.07) is 115. The van der Waals surface area contributed by atoms with Crippen LogP contribution in [0, 0.1) is 0 Å². The summed E-state index contributed by atoms with van der Waals surface area (Å²) in [6.07, 6.45) is 0. The predicted octanol–water partition coefficient (Wildman–Crippen LogP) is 21.2. The standard InChI is InChI=1S/C83H52O2/c1-3-21-59(22-4-1)82(60-23-5-2-6-24-60)69-32-14-11-28-66(69)79-68(31-18-34-71(79)82)77(56-41-37-52(38-42-56)58-45-48-65-64-27-13-16-36-75(64)84-76(65)51-58)57-43-39-55(40-44-57)61-30-17-35-72-78(61)67-29-12-15-33-70(67)83(72)73-49-46-53-19-7-9-25-62(53)80(73)85-81-63-26-10-8-20-54(63)47-50-74(81)83/h1-51,77H. The van der Waals surface area contributed by atoms with Gasteiger partial charge in [-0.25, -0.2) is 0 Å². The number of para-hydroxylation sites is 1. The lowest BCUT2D eigenvalue weighted by molar-refractivity contribution is 0.447. The second-order valence-electron chi connectivity index (χ2n) is 23.2. The van der Waals surface area contributed by atoms with E-state index in [1.807, 2.05) is 12.1 Å². The maximum absolute atomic E-state index is 7.30.